The summed E-state index contributed by atoms with van der Waals surface area (Å²) in [5, 5.41) is 1.91. The zero-order valence-electron chi connectivity index (χ0n) is 13.8. The summed E-state index contributed by atoms with van der Waals surface area (Å²) in [6, 6.07) is 18.0. The molecule has 2 N–H and O–H groups in total. The molecule has 0 spiro atoms. The van der Waals surface area contributed by atoms with Crippen LogP contribution in [0.5, 0.6) is 5.75 Å². The van der Waals surface area contributed by atoms with Crippen LogP contribution in [0.2, 0.25) is 0 Å². The second kappa shape index (κ2) is 10.8. The summed E-state index contributed by atoms with van der Waals surface area (Å²) in [5.74, 6) is 0.171. The van der Waals surface area contributed by atoms with Gasteiger partial charge >= 0.3 is 12.1 Å². The molecule has 0 bridgehead atoms. The van der Waals surface area contributed by atoms with E-state index in [1.54, 1.807) is 18.2 Å². The molecular weight excluding hydrogens is 308 g/mol. The Kier molecular flexibility index (Phi) is 8.63. The Balaban J connectivity index is 0.000000240. The fourth-order valence-electron chi connectivity index (χ4n) is 1.71. The van der Waals surface area contributed by atoms with Crippen molar-refractivity contribution < 1.29 is 19.2 Å². The van der Waals surface area contributed by atoms with E-state index in [-0.39, 0.29) is 0 Å². The predicted molar refractivity (Wildman–Crippen MR) is 91.4 cm³/mol. The highest BCUT2D eigenvalue weighted by Crippen LogP contribution is 2.09. The first-order valence-corrected chi connectivity index (χ1v) is 7.61. The number of hydroxylamine groups is 2. The van der Waals surface area contributed by atoms with Crippen molar-refractivity contribution >= 4 is 12.1 Å². The lowest BCUT2D eigenvalue weighted by atomic mass is 10.2. The molecule has 0 heterocycles. The zero-order chi connectivity index (χ0) is 17.8. The van der Waals surface area contributed by atoms with Crippen molar-refractivity contribution in [1.82, 2.24) is 5.06 Å². The number of nitrogens with zero attached hydrogens (tertiary/aromatic N) is 1. The molecule has 0 fully saturated rings. The number of carbonyl (C=O) groups excluding carboxylic acids is 2. The summed E-state index contributed by atoms with van der Waals surface area (Å²) < 4.78 is 4.14. The molecule has 0 aliphatic rings. The maximum atomic E-state index is 10.9. The van der Waals surface area contributed by atoms with Crippen LogP contribution in [0.1, 0.15) is 24.2 Å². The van der Waals surface area contributed by atoms with Gasteiger partial charge in [0.15, 0.2) is 0 Å². The van der Waals surface area contributed by atoms with E-state index < -0.39 is 12.1 Å². The molecule has 24 heavy (non-hydrogen) atoms. The summed E-state index contributed by atoms with van der Waals surface area (Å²) >= 11 is 0. The molecule has 0 saturated carbocycles. The third kappa shape index (κ3) is 7.42. The lowest BCUT2D eigenvalue weighted by Crippen LogP contribution is -2.26. The van der Waals surface area contributed by atoms with Crippen LogP contribution in [0.15, 0.2) is 60.7 Å². The van der Waals surface area contributed by atoms with E-state index in [0.29, 0.717) is 5.56 Å². The second-order valence-corrected chi connectivity index (χ2v) is 4.59. The van der Waals surface area contributed by atoms with Crippen LogP contribution < -0.4 is 10.6 Å². The van der Waals surface area contributed by atoms with Crippen molar-refractivity contribution in [3.63, 3.8) is 0 Å². The van der Waals surface area contributed by atoms with Crippen molar-refractivity contribution in [3.8, 4) is 5.75 Å². The number of ether oxygens (including phenoxy) is 1. The number of nitrogens with two attached hydrogens (primary N) is 1. The lowest BCUT2D eigenvalue weighted by Gasteiger charge is -2.18. The first kappa shape index (κ1) is 19.2. The van der Waals surface area contributed by atoms with Gasteiger partial charge in [-0.2, -0.15) is 0 Å². The van der Waals surface area contributed by atoms with Gasteiger partial charge in [-0.3, -0.25) is 0 Å². The number of hydrogen-bond acceptors (Lipinski definition) is 5. The number of hydrogen-bond donors (Lipinski definition) is 1. The van der Waals surface area contributed by atoms with Gasteiger partial charge in [0.2, 0.25) is 0 Å². The fraction of sp³-hybridized carbons (Fsp3) is 0.222. The average molecular weight is 330 g/mol. The van der Waals surface area contributed by atoms with Gasteiger partial charge < -0.3 is 15.3 Å². The van der Waals surface area contributed by atoms with Crippen LogP contribution in [-0.4, -0.2) is 30.2 Å². The largest absolute Gasteiger partial charge is 0.412 e. The Bertz CT molecular complexity index is 613. The summed E-state index contributed by atoms with van der Waals surface area (Å²) in [7, 11) is 0. The van der Waals surface area contributed by atoms with Crippen LogP contribution in [-0.2, 0) is 4.74 Å². The van der Waals surface area contributed by atoms with Crippen molar-refractivity contribution in [2.24, 2.45) is 5.73 Å². The van der Waals surface area contributed by atoms with E-state index >= 15 is 0 Å². The fourth-order valence-corrected chi connectivity index (χ4v) is 1.71. The molecule has 0 saturated heterocycles. The number of carbonyl (C=O) groups is 2. The van der Waals surface area contributed by atoms with Gasteiger partial charge in [0.25, 0.3) is 0 Å². The summed E-state index contributed by atoms with van der Waals surface area (Å²) in [6.45, 7) is 5.97. The molecule has 0 aromatic heterocycles. The Morgan fingerprint density at radius 3 is 1.88 bits per heavy atom. The number of esters is 1. The summed E-state index contributed by atoms with van der Waals surface area (Å²) in [5.41, 5.74) is 4.95. The van der Waals surface area contributed by atoms with Gasteiger partial charge in [-0.1, -0.05) is 36.4 Å². The Morgan fingerprint density at radius 2 is 1.42 bits per heavy atom. The highest BCUT2D eigenvalue weighted by atomic mass is 16.7. The van der Waals surface area contributed by atoms with Crippen molar-refractivity contribution in [3.05, 3.63) is 66.2 Å². The number of primary amides is 1. The molecule has 0 atom stereocenters. The molecular formula is C18H22N2O4. The third-order valence-corrected chi connectivity index (χ3v) is 2.89. The van der Waals surface area contributed by atoms with Crippen LogP contribution in [0, 0.1) is 0 Å². The second-order valence-electron chi connectivity index (χ2n) is 4.59. The standard InChI is InChI=1S/C10H15NO.C8H7NO3/c1-3-11(4-2)12-10-8-6-5-7-9-10;9-8(11)12-7(10)6-4-2-1-3-5-6/h5-9H,3-4H2,1-2H3;1-5H,(H2,9,11). The minimum absolute atomic E-state index is 0.302. The maximum absolute atomic E-state index is 10.9. The van der Waals surface area contributed by atoms with E-state index in [2.05, 4.69) is 24.3 Å². The molecule has 6 nitrogen and oxygen atoms in total. The molecule has 6 heteroatoms. The predicted octanol–water partition coefficient (Wildman–Crippen LogP) is 3.24. The highest BCUT2D eigenvalue weighted by Gasteiger charge is 2.08. The van der Waals surface area contributed by atoms with E-state index in [1.165, 1.54) is 12.1 Å². The van der Waals surface area contributed by atoms with E-state index in [4.69, 9.17) is 4.84 Å². The van der Waals surface area contributed by atoms with Gasteiger partial charge in [-0.15, -0.1) is 5.06 Å². The molecule has 2 aromatic rings. The molecule has 0 aliphatic carbocycles. The summed E-state index contributed by atoms with van der Waals surface area (Å²) in [6.07, 6.45) is -1.09. The van der Waals surface area contributed by atoms with Crippen molar-refractivity contribution in [2.75, 3.05) is 13.1 Å². The lowest BCUT2D eigenvalue weighted by molar-refractivity contribution is -0.0486. The molecule has 0 unspecified atom stereocenters. The zero-order valence-corrected chi connectivity index (χ0v) is 13.8. The minimum atomic E-state index is -1.09. The molecule has 2 aromatic carbocycles. The Labute approximate surface area is 141 Å². The smallest absolute Gasteiger partial charge is 0.406 e. The highest BCUT2D eigenvalue weighted by molar-refractivity contribution is 5.95. The van der Waals surface area contributed by atoms with Crippen LogP contribution in [0.25, 0.3) is 0 Å². The Morgan fingerprint density at radius 1 is 0.917 bits per heavy atom. The van der Waals surface area contributed by atoms with Crippen molar-refractivity contribution in [1.29, 1.82) is 0 Å². The number of amides is 1. The molecule has 0 radical (unpaired) electrons. The number of rotatable bonds is 5. The molecule has 0 aliphatic heterocycles. The Hall–Kier alpha value is -2.86. The SMILES string of the molecule is CCN(CC)Oc1ccccc1.NC(=O)OC(=O)c1ccccc1. The normalized spacial score (nSPS) is 9.62. The van der Waals surface area contributed by atoms with Gasteiger partial charge in [-0.25, -0.2) is 9.59 Å². The molecule has 1 amide bonds. The monoisotopic (exact) mass is 330 g/mol. The number of para-hydroxylation sites is 1. The first-order valence-electron chi connectivity index (χ1n) is 7.61. The minimum Gasteiger partial charge on any atom is -0.406 e. The quantitative estimate of drug-likeness (QED) is 0.517. The average Bonchev–Trinajstić information content (AvgIpc) is 2.61. The molecule has 2 rings (SSSR count). The molecule has 128 valence electrons. The number of benzene rings is 2. The van der Waals surface area contributed by atoms with Gasteiger partial charge in [0, 0.05) is 13.1 Å². The van der Waals surface area contributed by atoms with Crippen LogP contribution in [0.4, 0.5) is 4.79 Å². The van der Waals surface area contributed by atoms with Crippen LogP contribution >= 0.6 is 0 Å². The third-order valence-electron chi connectivity index (χ3n) is 2.89. The van der Waals surface area contributed by atoms with E-state index in [9.17, 15) is 9.59 Å². The van der Waals surface area contributed by atoms with Gasteiger partial charge in [0.1, 0.15) is 5.75 Å². The summed E-state index contributed by atoms with van der Waals surface area (Å²) in [4.78, 5) is 26.6. The topological polar surface area (TPSA) is 81.9 Å². The maximum Gasteiger partial charge on any atom is 0.412 e. The van der Waals surface area contributed by atoms with Crippen molar-refractivity contribution in [2.45, 2.75) is 13.8 Å². The van der Waals surface area contributed by atoms with Gasteiger partial charge in [-0.05, 0) is 38.1 Å². The van der Waals surface area contributed by atoms with Crippen LogP contribution in [0.3, 0.4) is 0 Å². The van der Waals surface area contributed by atoms with E-state index in [0.717, 1.165) is 18.8 Å². The first-order chi connectivity index (χ1) is 11.6. The van der Waals surface area contributed by atoms with Gasteiger partial charge in [0.05, 0.1) is 5.56 Å². The van der Waals surface area contributed by atoms with E-state index in [1.807, 2.05) is 35.4 Å².